The molecule has 1 aliphatic heterocycles. The first-order valence-electron chi connectivity index (χ1n) is 7.77. The molecule has 7 heteroatoms. The minimum atomic E-state index is -0.0788. The average molecular weight is 310 g/mol. The molecule has 0 saturated carbocycles. The number of hydrogen-bond acceptors (Lipinski definition) is 6. The van der Waals surface area contributed by atoms with Gasteiger partial charge in [0.15, 0.2) is 17.2 Å². The Kier molecular flexibility index (Phi) is 4.33. The summed E-state index contributed by atoms with van der Waals surface area (Å²) in [6.45, 7) is 3.43. The predicted molar refractivity (Wildman–Crippen MR) is 85.6 cm³/mol. The number of aromatic nitrogens is 4. The topological polar surface area (TPSA) is 98.6 Å². The van der Waals surface area contributed by atoms with Crippen molar-refractivity contribution in [1.29, 1.82) is 5.26 Å². The maximum Gasteiger partial charge on any atom is 0.182 e. The van der Waals surface area contributed by atoms with Gasteiger partial charge >= 0.3 is 0 Å². The molecule has 2 aromatic heterocycles. The number of rotatable bonds is 4. The van der Waals surface area contributed by atoms with Crippen molar-refractivity contribution in [1.82, 2.24) is 19.9 Å². The zero-order valence-corrected chi connectivity index (χ0v) is 13.0. The monoisotopic (exact) mass is 310 g/mol. The van der Waals surface area contributed by atoms with E-state index in [1.807, 2.05) is 12.1 Å². The number of piperidine rings is 1. The van der Waals surface area contributed by atoms with Gasteiger partial charge in [-0.2, -0.15) is 5.26 Å². The molecular formula is C16H18N6O. The summed E-state index contributed by atoms with van der Waals surface area (Å²) in [7, 11) is 0. The van der Waals surface area contributed by atoms with Gasteiger partial charge in [-0.05, 0) is 18.8 Å². The molecule has 0 atom stereocenters. The number of nitrogens with zero attached hydrogens (tertiary/aromatic N) is 5. The molecule has 1 aliphatic rings. The summed E-state index contributed by atoms with van der Waals surface area (Å²) in [5.41, 5.74) is 1.81. The van der Waals surface area contributed by atoms with Crippen LogP contribution in [0.2, 0.25) is 0 Å². The Morgan fingerprint density at radius 1 is 1.43 bits per heavy atom. The van der Waals surface area contributed by atoms with Gasteiger partial charge < -0.3 is 9.88 Å². The predicted octanol–water partition coefficient (Wildman–Crippen LogP) is 2.00. The number of Topliss-reactive ketones (excluding diaryl/α,β-unsaturated/α-hetero) is 1. The van der Waals surface area contributed by atoms with Crippen LogP contribution in [0.1, 0.15) is 26.2 Å². The zero-order chi connectivity index (χ0) is 16.2. The number of nitrogens with one attached hydrogen (secondary N) is 1. The Labute approximate surface area is 134 Å². The first kappa shape index (κ1) is 15.2. The normalized spacial score (nSPS) is 16.5. The van der Waals surface area contributed by atoms with Crippen LogP contribution in [-0.2, 0) is 4.79 Å². The maximum absolute atomic E-state index is 11.7. The smallest absolute Gasteiger partial charge is 0.182 e. The van der Waals surface area contributed by atoms with Gasteiger partial charge in [0.1, 0.15) is 17.9 Å². The molecule has 0 aliphatic carbocycles. The summed E-state index contributed by atoms with van der Waals surface area (Å²) in [5.74, 6) is 1.04. The molecule has 2 aromatic rings. The van der Waals surface area contributed by atoms with E-state index >= 15 is 0 Å². The summed E-state index contributed by atoms with van der Waals surface area (Å²) in [4.78, 5) is 29.6. The van der Waals surface area contributed by atoms with Crippen LogP contribution in [0.4, 0.5) is 5.82 Å². The van der Waals surface area contributed by atoms with E-state index in [0.29, 0.717) is 17.6 Å². The van der Waals surface area contributed by atoms with Gasteiger partial charge in [-0.1, -0.05) is 13.0 Å². The third-order valence-corrected chi connectivity index (χ3v) is 4.19. The molecule has 0 aromatic carbocycles. The number of H-pyrrole nitrogens is 1. The number of carbonyl (C=O) groups is 1. The van der Waals surface area contributed by atoms with Gasteiger partial charge in [-0.3, -0.25) is 4.79 Å². The van der Waals surface area contributed by atoms with Crippen LogP contribution in [0.3, 0.4) is 0 Å². The first-order chi connectivity index (χ1) is 11.2. The van der Waals surface area contributed by atoms with Crippen LogP contribution in [0.25, 0.3) is 11.2 Å². The third-order valence-electron chi connectivity index (χ3n) is 4.19. The van der Waals surface area contributed by atoms with Gasteiger partial charge in [0.2, 0.25) is 0 Å². The van der Waals surface area contributed by atoms with Gasteiger partial charge in [0, 0.05) is 19.5 Å². The lowest BCUT2D eigenvalue weighted by atomic mass is 9.93. The SMILES string of the molecule is CCC(=O)/C(C#N)=C/C1CCN(c2ncnc3nc[nH]c23)CC1. The minimum absolute atomic E-state index is 0.0788. The van der Waals surface area contributed by atoms with E-state index in [9.17, 15) is 4.79 Å². The zero-order valence-electron chi connectivity index (χ0n) is 13.0. The van der Waals surface area contributed by atoms with Crippen LogP contribution in [0.15, 0.2) is 24.3 Å². The Morgan fingerprint density at radius 3 is 2.91 bits per heavy atom. The fraction of sp³-hybridized carbons (Fsp3) is 0.438. The fourth-order valence-corrected chi connectivity index (χ4v) is 2.89. The molecule has 0 bridgehead atoms. The Bertz CT molecular complexity index is 779. The van der Waals surface area contributed by atoms with Crippen molar-refractivity contribution in [2.75, 3.05) is 18.0 Å². The minimum Gasteiger partial charge on any atom is -0.355 e. The van der Waals surface area contributed by atoms with Crippen molar-refractivity contribution in [3.63, 3.8) is 0 Å². The quantitative estimate of drug-likeness (QED) is 0.685. The number of fused-ring (bicyclic) bond motifs is 1. The van der Waals surface area contributed by atoms with E-state index in [1.54, 1.807) is 13.3 Å². The Balaban J connectivity index is 1.72. The number of anilines is 1. The highest BCUT2D eigenvalue weighted by molar-refractivity contribution is 5.98. The molecule has 1 N–H and O–H groups in total. The van der Waals surface area contributed by atoms with Crippen molar-refractivity contribution in [3.05, 3.63) is 24.3 Å². The molecule has 118 valence electrons. The van der Waals surface area contributed by atoms with Crippen LogP contribution < -0.4 is 4.90 Å². The number of aromatic amines is 1. The van der Waals surface area contributed by atoms with Gasteiger partial charge in [-0.25, -0.2) is 15.0 Å². The van der Waals surface area contributed by atoms with Crippen molar-refractivity contribution >= 4 is 22.8 Å². The number of ketones is 1. The van der Waals surface area contributed by atoms with Crippen molar-refractivity contribution < 1.29 is 4.79 Å². The van der Waals surface area contributed by atoms with E-state index in [-0.39, 0.29) is 11.7 Å². The molecule has 1 fully saturated rings. The maximum atomic E-state index is 11.7. The van der Waals surface area contributed by atoms with E-state index < -0.39 is 0 Å². The number of carbonyl (C=O) groups excluding carboxylic acids is 1. The molecule has 0 unspecified atom stereocenters. The second-order valence-corrected chi connectivity index (χ2v) is 5.59. The molecule has 1 saturated heterocycles. The molecule has 23 heavy (non-hydrogen) atoms. The molecule has 0 amide bonds. The number of allylic oxidation sites excluding steroid dienone is 2. The lowest BCUT2D eigenvalue weighted by Gasteiger charge is -2.31. The Hall–Kier alpha value is -2.75. The van der Waals surface area contributed by atoms with Crippen molar-refractivity contribution in [2.24, 2.45) is 5.92 Å². The largest absolute Gasteiger partial charge is 0.355 e. The highest BCUT2D eigenvalue weighted by Gasteiger charge is 2.22. The highest BCUT2D eigenvalue weighted by atomic mass is 16.1. The molecule has 3 heterocycles. The molecular weight excluding hydrogens is 292 g/mol. The van der Waals surface area contributed by atoms with Crippen LogP contribution in [0.5, 0.6) is 0 Å². The second-order valence-electron chi connectivity index (χ2n) is 5.59. The first-order valence-corrected chi connectivity index (χ1v) is 7.77. The molecule has 3 rings (SSSR count). The third kappa shape index (κ3) is 3.06. The summed E-state index contributed by atoms with van der Waals surface area (Å²) < 4.78 is 0. The number of imidazole rings is 1. The fourth-order valence-electron chi connectivity index (χ4n) is 2.89. The lowest BCUT2D eigenvalue weighted by molar-refractivity contribution is -0.114. The van der Waals surface area contributed by atoms with Crippen molar-refractivity contribution in [3.8, 4) is 6.07 Å². The van der Waals surface area contributed by atoms with Crippen LogP contribution in [0, 0.1) is 17.2 Å². The Morgan fingerprint density at radius 2 is 2.22 bits per heavy atom. The summed E-state index contributed by atoms with van der Waals surface area (Å²) in [5, 5.41) is 9.11. The molecule has 0 spiro atoms. The summed E-state index contributed by atoms with van der Waals surface area (Å²) in [6.07, 6.45) is 7.14. The van der Waals surface area contributed by atoms with Crippen LogP contribution in [-0.4, -0.2) is 38.8 Å². The van der Waals surface area contributed by atoms with Crippen molar-refractivity contribution in [2.45, 2.75) is 26.2 Å². The van der Waals surface area contributed by atoms with Gasteiger partial charge in [0.05, 0.1) is 11.9 Å². The lowest BCUT2D eigenvalue weighted by Crippen LogP contribution is -2.34. The van der Waals surface area contributed by atoms with Gasteiger partial charge in [-0.15, -0.1) is 0 Å². The standard InChI is InChI=1S/C16H18N6O/c1-2-13(23)12(8-17)7-11-3-5-22(6-4-11)16-14-15(19-9-18-14)20-10-21-16/h7,9-11H,2-6H2,1H3,(H,18,19,20,21)/b12-7+. The van der Waals surface area contributed by atoms with Gasteiger partial charge in [0.25, 0.3) is 0 Å². The molecule has 0 radical (unpaired) electrons. The van der Waals surface area contributed by atoms with E-state index in [2.05, 4.69) is 24.8 Å². The van der Waals surface area contributed by atoms with E-state index in [4.69, 9.17) is 5.26 Å². The second kappa shape index (κ2) is 6.57. The average Bonchev–Trinajstić information content (AvgIpc) is 3.08. The summed E-state index contributed by atoms with van der Waals surface area (Å²) >= 11 is 0. The van der Waals surface area contributed by atoms with E-state index in [1.165, 1.54) is 6.33 Å². The summed E-state index contributed by atoms with van der Waals surface area (Å²) in [6, 6.07) is 2.03. The van der Waals surface area contributed by atoms with Crippen LogP contribution >= 0.6 is 0 Å². The number of hydrogen-bond donors (Lipinski definition) is 1. The highest BCUT2D eigenvalue weighted by Crippen LogP contribution is 2.26. The number of nitriles is 1. The molecule has 7 nitrogen and oxygen atoms in total. The van der Waals surface area contributed by atoms with E-state index in [0.717, 1.165) is 37.3 Å².